The van der Waals surface area contributed by atoms with Crippen LogP contribution in [-0.4, -0.2) is 0 Å². The molecule has 0 fully saturated rings. The molecule has 0 radical (unpaired) electrons. The van der Waals surface area contributed by atoms with Crippen molar-refractivity contribution in [3.63, 3.8) is 0 Å². The van der Waals surface area contributed by atoms with Gasteiger partial charge in [0.15, 0.2) is 0 Å². The van der Waals surface area contributed by atoms with E-state index in [4.69, 9.17) is 4.11 Å². The van der Waals surface area contributed by atoms with Gasteiger partial charge in [-0.25, -0.2) is 4.39 Å². The second-order valence-corrected chi connectivity index (χ2v) is 2.67. The number of hydrogen-bond donors (Lipinski definition) is 0. The molecule has 0 saturated heterocycles. The van der Waals surface area contributed by atoms with Crippen LogP contribution >= 0.6 is 15.9 Å². The lowest BCUT2D eigenvalue weighted by Crippen LogP contribution is -2.08. The first-order valence-corrected chi connectivity index (χ1v) is 3.49. The first-order chi connectivity index (χ1) is 6.68. The van der Waals surface area contributed by atoms with Crippen LogP contribution in [0, 0.1) is 5.82 Å². The Kier molecular flexibility index (Phi) is 1.51. The van der Waals surface area contributed by atoms with Gasteiger partial charge in [-0.1, -0.05) is 22.0 Å². The fraction of sp³-hybridized carbons (Fsp3) is 0.143. The molecule has 66 valence electrons. The van der Waals surface area contributed by atoms with E-state index in [0.29, 0.717) is 0 Å². The van der Waals surface area contributed by atoms with Gasteiger partial charge in [0.1, 0.15) is 11.4 Å². The molecule has 0 aliphatic heterocycles. The molecule has 0 heterocycles. The number of halogens is 5. The van der Waals surface area contributed by atoms with Crippen LogP contribution in [0.25, 0.3) is 0 Å². The number of alkyl halides is 3. The van der Waals surface area contributed by atoms with E-state index < -0.39 is 40.2 Å². The maximum absolute atomic E-state index is 13.1. The van der Waals surface area contributed by atoms with Crippen molar-refractivity contribution in [2.24, 2.45) is 0 Å². The smallest absolute Gasteiger partial charge is 0.206 e. The zero-order valence-corrected chi connectivity index (χ0v) is 6.98. The molecule has 0 bridgehead atoms. The van der Waals surface area contributed by atoms with Gasteiger partial charge in [0.25, 0.3) is 0 Å². The Morgan fingerprint density at radius 3 is 2.42 bits per heavy atom. The molecule has 0 nitrogen and oxygen atoms in total. The highest BCUT2D eigenvalue weighted by atomic mass is 79.9. The van der Waals surface area contributed by atoms with Crippen molar-refractivity contribution < 1.29 is 21.7 Å². The van der Waals surface area contributed by atoms with Crippen LogP contribution in [0.3, 0.4) is 0 Å². The Balaban J connectivity index is 3.68. The first-order valence-electron chi connectivity index (χ1n) is 4.19. The Bertz CT molecular complexity index is 387. The maximum atomic E-state index is 13.1. The molecule has 1 aromatic rings. The van der Waals surface area contributed by atoms with Crippen LogP contribution in [0.2, 0.25) is 0 Å². The molecule has 5 heteroatoms. The summed E-state index contributed by atoms with van der Waals surface area (Å²) in [5.74, 6) is -1.84. The third kappa shape index (κ3) is 1.77. The summed E-state index contributed by atoms with van der Waals surface area (Å²) >= 11 is 2.40. The number of rotatable bonds is 0. The molecule has 12 heavy (non-hydrogen) atoms. The second-order valence-electron chi connectivity index (χ2n) is 1.88. The minimum atomic E-state index is -5.00. The van der Waals surface area contributed by atoms with Gasteiger partial charge in [0, 0.05) is 4.47 Å². The third-order valence-electron chi connectivity index (χ3n) is 1.07. The fourth-order valence-electron chi connectivity index (χ4n) is 0.611. The summed E-state index contributed by atoms with van der Waals surface area (Å²) in [4.78, 5) is 0. The number of hydrogen-bond acceptors (Lipinski definition) is 0. The van der Waals surface area contributed by atoms with Crippen molar-refractivity contribution in [2.45, 2.75) is 6.18 Å². The van der Waals surface area contributed by atoms with Gasteiger partial charge in [0.2, 0.25) is 0 Å². The van der Waals surface area contributed by atoms with E-state index in [9.17, 15) is 17.6 Å². The summed E-state index contributed by atoms with van der Waals surface area (Å²) in [6.45, 7) is 0. The van der Waals surface area contributed by atoms with Gasteiger partial charge in [0.05, 0.1) is 4.11 Å². The molecular weight excluding hydrogens is 240 g/mol. The predicted molar refractivity (Wildman–Crippen MR) is 39.1 cm³/mol. The summed E-state index contributed by atoms with van der Waals surface area (Å²) in [6.07, 6.45) is -5.00. The zero-order valence-electron chi connectivity index (χ0n) is 8.39. The molecule has 0 aliphatic carbocycles. The lowest BCUT2D eigenvalue weighted by atomic mass is 10.2. The quantitative estimate of drug-likeness (QED) is 0.613. The molecule has 1 aromatic carbocycles. The standard InChI is InChI=1S/C7H3BrF4/c8-4-2-1-3-5(9)6(4)7(10,11)12/h1-3H/i1D,2D,3D. The van der Waals surface area contributed by atoms with Gasteiger partial charge in [-0.15, -0.1) is 0 Å². The molecule has 0 saturated carbocycles. The molecule has 0 aliphatic rings. The maximum Gasteiger partial charge on any atom is 0.420 e. The normalized spacial score (nSPS) is 15.2. The SMILES string of the molecule is [2H]c1c([2H])c(F)c(C(F)(F)F)c(Br)c1[2H]. The third-order valence-corrected chi connectivity index (χ3v) is 1.66. The second kappa shape index (κ2) is 3.05. The minimum Gasteiger partial charge on any atom is -0.206 e. The molecule has 0 unspecified atom stereocenters. The topological polar surface area (TPSA) is 0 Å². The highest BCUT2D eigenvalue weighted by Crippen LogP contribution is 2.36. The van der Waals surface area contributed by atoms with Gasteiger partial charge in [-0.3, -0.25) is 0 Å². The molecule has 1 rings (SSSR count). The summed E-state index contributed by atoms with van der Waals surface area (Å²) in [6, 6.07) is -2.96. The molecule has 0 N–H and O–H groups in total. The lowest BCUT2D eigenvalue weighted by Gasteiger charge is -2.08. The van der Waals surface area contributed by atoms with Gasteiger partial charge in [-0.05, 0) is 12.1 Å². The van der Waals surface area contributed by atoms with Crippen LogP contribution in [0.1, 0.15) is 9.68 Å². The van der Waals surface area contributed by atoms with Crippen LogP contribution in [0.5, 0.6) is 0 Å². The van der Waals surface area contributed by atoms with E-state index in [-0.39, 0.29) is 0 Å². The Labute approximate surface area is 78.5 Å². The Hall–Kier alpha value is -0.580. The van der Waals surface area contributed by atoms with Crippen molar-refractivity contribution in [3.8, 4) is 0 Å². The molecule has 0 aromatic heterocycles. The summed E-state index contributed by atoms with van der Waals surface area (Å²) in [5, 5.41) is 0. The molecule has 0 atom stereocenters. The van der Waals surface area contributed by atoms with E-state index >= 15 is 0 Å². The average Bonchev–Trinajstić information content (AvgIpc) is 2.09. The predicted octanol–water partition coefficient (Wildman–Crippen LogP) is 3.61. The van der Waals surface area contributed by atoms with Crippen LogP contribution in [0.15, 0.2) is 22.6 Å². The van der Waals surface area contributed by atoms with Crippen molar-refractivity contribution >= 4 is 15.9 Å². The van der Waals surface area contributed by atoms with E-state index in [2.05, 4.69) is 15.9 Å². The summed E-state index contributed by atoms with van der Waals surface area (Å²) in [7, 11) is 0. The fourth-order valence-corrected chi connectivity index (χ4v) is 1.11. The minimum absolute atomic E-state index is 0.853. The molecule has 0 spiro atoms. The summed E-state index contributed by atoms with van der Waals surface area (Å²) < 4.78 is 70.1. The van der Waals surface area contributed by atoms with Crippen molar-refractivity contribution in [3.05, 3.63) is 34.0 Å². The van der Waals surface area contributed by atoms with E-state index in [1.165, 1.54) is 0 Å². The summed E-state index contributed by atoms with van der Waals surface area (Å²) in [5.41, 5.74) is -1.71. The first kappa shape index (κ1) is 5.96. The Morgan fingerprint density at radius 1 is 1.33 bits per heavy atom. The van der Waals surface area contributed by atoms with Crippen LogP contribution < -0.4 is 0 Å². The van der Waals surface area contributed by atoms with Gasteiger partial charge in [-0.2, -0.15) is 13.2 Å². The Morgan fingerprint density at radius 2 is 1.92 bits per heavy atom. The van der Waals surface area contributed by atoms with Crippen molar-refractivity contribution in [2.75, 3.05) is 0 Å². The highest BCUT2D eigenvalue weighted by Gasteiger charge is 2.36. The van der Waals surface area contributed by atoms with E-state index in [0.717, 1.165) is 0 Å². The zero-order chi connectivity index (χ0) is 12.0. The van der Waals surface area contributed by atoms with Crippen LogP contribution in [-0.2, 0) is 6.18 Å². The lowest BCUT2D eigenvalue weighted by molar-refractivity contribution is -0.140. The largest absolute Gasteiger partial charge is 0.420 e. The van der Waals surface area contributed by atoms with Crippen molar-refractivity contribution in [1.29, 1.82) is 0 Å². The van der Waals surface area contributed by atoms with E-state index in [1.54, 1.807) is 0 Å². The average molecular weight is 246 g/mol. The van der Waals surface area contributed by atoms with Gasteiger partial charge < -0.3 is 0 Å². The highest BCUT2D eigenvalue weighted by molar-refractivity contribution is 9.10. The number of benzene rings is 1. The van der Waals surface area contributed by atoms with Crippen LogP contribution in [0.4, 0.5) is 17.6 Å². The van der Waals surface area contributed by atoms with Gasteiger partial charge >= 0.3 is 6.18 Å². The molecular formula is C7H3BrF4. The monoisotopic (exact) mass is 245 g/mol. The van der Waals surface area contributed by atoms with E-state index in [1.807, 2.05) is 0 Å². The molecule has 0 amide bonds. The van der Waals surface area contributed by atoms with Crippen molar-refractivity contribution in [1.82, 2.24) is 0 Å².